The van der Waals surface area contributed by atoms with Crippen molar-refractivity contribution < 1.29 is 8.42 Å². The molecular formula is C11H12N4O3S. The summed E-state index contributed by atoms with van der Waals surface area (Å²) in [7, 11) is -3.73. The predicted molar refractivity (Wildman–Crippen MR) is 70.0 cm³/mol. The topological polar surface area (TPSA) is 118 Å². The first kappa shape index (κ1) is 13.2. The average Bonchev–Trinajstić information content (AvgIpc) is 2.41. The van der Waals surface area contributed by atoms with Crippen molar-refractivity contribution in [1.82, 2.24) is 10.2 Å². The molecule has 0 aliphatic rings. The lowest BCUT2D eigenvalue weighted by Gasteiger charge is -2.07. The lowest BCUT2D eigenvalue weighted by atomic mass is 10.2. The molecule has 100 valence electrons. The van der Waals surface area contributed by atoms with Crippen molar-refractivity contribution >= 4 is 15.8 Å². The number of nitrogens with one attached hydrogen (secondary N) is 2. The molecule has 2 aromatic rings. The number of nitrogens with zero attached hydrogens (tertiary/aromatic N) is 1. The maximum Gasteiger partial charge on any atom is 0.264 e. The number of anilines is 1. The molecule has 4 N–H and O–H groups in total. The maximum absolute atomic E-state index is 12.0. The van der Waals surface area contributed by atoms with E-state index in [4.69, 9.17) is 5.73 Å². The number of H-pyrrole nitrogens is 1. The highest BCUT2D eigenvalue weighted by Gasteiger charge is 2.14. The molecule has 0 spiro atoms. The smallest absolute Gasteiger partial charge is 0.264 e. The van der Waals surface area contributed by atoms with Gasteiger partial charge in [0.05, 0.1) is 4.90 Å². The second-order valence-electron chi connectivity index (χ2n) is 3.76. The van der Waals surface area contributed by atoms with E-state index < -0.39 is 15.6 Å². The molecule has 0 unspecified atom stereocenters. The summed E-state index contributed by atoms with van der Waals surface area (Å²) < 4.78 is 26.3. The Labute approximate surface area is 109 Å². The summed E-state index contributed by atoms with van der Waals surface area (Å²) in [5.74, 6) is 0.0440. The van der Waals surface area contributed by atoms with E-state index in [2.05, 4.69) is 14.9 Å². The molecule has 19 heavy (non-hydrogen) atoms. The lowest BCUT2D eigenvalue weighted by molar-refractivity contribution is 0.601. The Morgan fingerprint density at radius 3 is 2.37 bits per heavy atom. The molecule has 0 atom stereocenters. The van der Waals surface area contributed by atoms with Gasteiger partial charge in [-0.15, -0.1) is 0 Å². The van der Waals surface area contributed by atoms with Crippen LogP contribution in [0.1, 0.15) is 5.56 Å². The van der Waals surface area contributed by atoms with E-state index in [-0.39, 0.29) is 10.7 Å². The highest BCUT2D eigenvalue weighted by molar-refractivity contribution is 7.92. The molecule has 7 nitrogen and oxygen atoms in total. The quantitative estimate of drug-likeness (QED) is 0.730. The number of rotatable bonds is 4. The van der Waals surface area contributed by atoms with Crippen molar-refractivity contribution in [2.75, 3.05) is 4.72 Å². The maximum atomic E-state index is 12.0. The van der Waals surface area contributed by atoms with Crippen LogP contribution in [-0.4, -0.2) is 18.6 Å². The van der Waals surface area contributed by atoms with Crippen LogP contribution in [0.25, 0.3) is 0 Å². The molecule has 1 aromatic carbocycles. The van der Waals surface area contributed by atoms with Gasteiger partial charge in [-0.05, 0) is 23.8 Å². The summed E-state index contributed by atoms with van der Waals surface area (Å²) in [6.45, 7) is 0.342. The second kappa shape index (κ2) is 5.21. The van der Waals surface area contributed by atoms with Gasteiger partial charge in [0, 0.05) is 12.6 Å². The van der Waals surface area contributed by atoms with Crippen LogP contribution in [0.5, 0.6) is 0 Å². The minimum absolute atomic E-state index is 0.0440. The molecule has 8 heteroatoms. The highest BCUT2D eigenvalue weighted by atomic mass is 32.2. The standard InChI is InChI=1S/C11H12N4O3S/c12-7-8-1-3-9(4-2-8)19(17,18)15-10-5-6-11(16)14-13-10/h1-6H,7,12H2,(H,13,15)(H,14,16). The second-order valence-corrected chi connectivity index (χ2v) is 5.44. The van der Waals surface area contributed by atoms with Crippen molar-refractivity contribution in [2.24, 2.45) is 5.73 Å². The number of hydrogen-bond acceptors (Lipinski definition) is 5. The van der Waals surface area contributed by atoms with Crippen molar-refractivity contribution in [3.63, 3.8) is 0 Å². The summed E-state index contributed by atoms with van der Waals surface area (Å²) in [4.78, 5) is 10.9. The van der Waals surface area contributed by atoms with E-state index in [0.29, 0.717) is 6.54 Å². The Balaban J connectivity index is 2.26. The zero-order valence-corrected chi connectivity index (χ0v) is 10.6. The van der Waals surface area contributed by atoms with Gasteiger partial charge in [-0.1, -0.05) is 12.1 Å². The fraction of sp³-hybridized carbons (Fsp3) is 0.0909. The van der Waals surface area contributed by atoms with Crippen LogP contribution in [0.2, 0.25) is 0 Å². The summed E-state index contributed by atoms with van der Waals surface area (Å²) in [5, 5.41) is 5.72. The van der Waals surface area contributed by atoms with E-state index >= 15 is 0 Å². The monoisotopic (exact) mass is 280 g/mol. The molecular weight excluding hydrogens is 268 g/mol. The molecule has 2 rings (SSSR count). The third kappa shape index (κ3) is 3.18. The largest absolute Gasteiger partial charge is 0.326 e. The van der Waals surface area contributed by atoms with Gasteiger partial charge in [0.2, 0.25) is 0 Å². The van der Waals surface area contributed by atoms with E-state index in [1.165, 1.54) is 24.3 Å². The Bertz CT molecular complexity index is 702. The molecule has 0 aliphatic heterocycles. The van der Waals surface area contributed by atoms with Crippen LogP contribution in [0, 0.1) is 0 Å². The fourth-order valence-electron chi connectivity index (χ4n) is 1.40. The molecule has 0 radical (unpaired) electrons. The molecule has 1 aromatic heterocycles. The van der Waals surface area contributed by atoms with Crippen LogP contribution in [0.3, 0.4) is 0 Å². The van der Waals surface area contributed by atoms with Gasteiger partial charge >= 0.3 is 0 Å². The van der Waals surface area contributed by atoms with E-state index in [1.807, 2.05) is 0 Å². The van der Waals surface area contributed by atoms with Gasteiger partial charge < -0.3 is 5.73 Å². The number of sulfonamides is 1. The van der Waals surface area contributed by atoms with Crippen LogP contribution in [0.15, 0.2) is 46.1 Å². The van der Waals surface area contributed by atoms with Crippen molar-refractivity contribution in [1.29, 1.82) is 0 Å². The highest BCUT2D eigenvalue weighted by Crippen LogP contribution is 2.13. The molecule has 0 fully saturated rings. The minimum Gasteiger partial charge on any atom is -0.326 e. The molecule has 0 saturated heterocycles. The number of aromatic nitrogens is 2. The van der Waals surface area contributed by atoms with Crippen molar-refractivity contribution in [3.8, 4) is 0 Å². The molecule has 0 saturated carbocycles. The SMILES string of the molecule is NCc1ccc(S(=O)(=O)Nc2ccc(=O)[nH]n2)cc1. The number of nitrogens with two attached hydrogens (primary N) is 1. The summed E-state index contributed by atoms with van der Waals surface area (Å²) in [6, 6.07) is 8.64. The zero-order valence-electron chi connectivity index (χ0n) is 9.83. The third-order valence-electron chi connectivity index (χ3n) is 2.39. The van der Waals surface area contributed by atoms with Crippen LogP contribution < -0.4 is 16.0 Å². The Morgan fingerprint density at radius 1 is 1.16 bits per heavy atom. The lowest BCUT2D eigenvalue weighted by Crippen LogP contribution is -2.16. The normalized spacial score (nSPS) is 11.2. The molecule has 0 amide bonds. The van der Waals surface area contributed by atoms with Crippen LogP contribution >= 0.6 is 0 Å². The third-order valence-corrected chi connectivity index (χ3v) is 3.76. The molecule has 0 aliphatic carbocycles. The van der Waals surface area contributed by atoms with Gasteiger partial charge in [0.15, 0.2) is 5.82 Å². The fourth-order valence-corrected chi connectivity index (χ4v) is 2.40. The number of hydrogen-bond donors (Lipinski definition) is 3. The summed E-state index contributed by atoms with van der Waals surface area (Å²) >= 11 is 0. The van der Waals surface area contributed by atoms with E-state index in [0.717, 1.165) is 5.56 Å². The van der Waals surface area contributed by atoms with Gasteiger partial charge in [0.25, 0.3) is 15.6 Å². The van der Waals surface area contributed by atoms with Gasteiger partial charge in [-0.25, -0.2) is 13.5 Å². The Hall–Kier alpha value is -2.19. The Morgan fingerprint density at radius 2 is 1.84 bits per heavy atom. The van der Waals surface area contributed by atoms with Gasteiger partial charge in [-0.3, -0.25) is 9.52 Å². The van der Waals surface area contributed by atoms with Gasteiger partial charge in [0.1, 0.15) is 0 Å². The van der Waals surface area contributed by atoms with Crippen molar-refractivity contribution in [3.05, 3.63) is 52.3 Å². The van der Waals surface area contributed by atoms with Crippen LogP contribution in [-0.2, 0) is 16.6 Å². The number of benzene rings is 1. The average molecular weight is 280 g/mol. The summed E-state index contributed by atoms with van der Waals surface area (Å²) in [5.41, 5.74) is 5.87. The Kier molecular flexibility index (Phi) is 3.63. The van der Waals surface area contributed by atoms with Crippen molar-refractivity contribution in [2.45, 2.75) is 11.4 Å². The molecule has 1 heterocycles. The van der Waals surface area contributed by atoms with E-state index in [9.17, 15) is 13.2 Å². The first-order valence-electron chi connectivity index (χ1n) is 5.39. The number of aromatic amines is 1. The molecule has 0 bridgehead atoms. The van der Waals surface area contributed by atoms with E-state index in [1.54, 1.807) is 12.1 Å². The van der Waals surface area contributed by atoms with Gasteiger partial charge in [-0.2, -0.15) is 5.10 Å². The zero-order chi connectivity index (χ0) is 13.9. The summed E-state index contributed by atoms with van der Waals surface area (Å²) in [6.07, 6.45) is 0. The predicted octanol–water partition coefficient (Wildman–Crippen LogP) is 0.0294. The minimum atomic E-state index is -3.73. The van der Waals surface area contributed by atoms with Crippen LogP contribution in [0.4, 0.5) is 5.82 Å². The first-order valence-corrected chi connectivity index (χ1v) is 6.87. The first-order chi connectivity index (χ1) is 9.01.